The van der Waals surface area contributed by atoms with Crippen molar-refractivity contribution in [2.45, 2.75) is 31.7 Å². The largest absolute Gasteiger partial charge is 0.398 e. The summed E-state index contributed by atoms with van der Waals surface area (Å²) in [6, 6.07) is 6.05. The van der Waals surface area contributed by atoms with E-state index in [0.717, 1.165) is 18.7 Å². The van der Waals surface area contributed by atoms with Crippen molar-refractivity contribution in [1.82, 2.24) is 4.90 Å². The van der Waals surface area contributed by atoms with E-state index < -0.39 is 6.61 Å². The molecule has 1 aromatic rings. The Morgan fingerprint density at radius 2 is 2.17 bits per heavy atom. The van der Waals surface area contributed by atoms with Crippen molar-refractivity contribution in [3.8, 4) is 0 Å². The minimum Gasteiger partial charge on any atom is -0.398 e. The zero-order chi connectivity index (χ0) is 16.4. The second-order valence-corrected chi connectivity index (χ2v) is 7.00. The lowest BCUT2D eigenvalue weighted by molar-refractivity contribution is -0.133. The van der Waals surface area contributed by atoms with Gasteiger partial charge < -0.3 is 20.6 Å². The second kappa shape index (κ2) is 6.97. The molecular weight excluding hydrogens is 314 g/mol. The van der Waals surface area contributed by atoms with Gasteiger partial charge in [-0.1, -0.05) is 18.0 Å². The zero-order valence-electron chi connectivity index (χ0n) is 13.2. The lowest BCUT2D eigenvalue weighted by atomic mass is 9.84. The highest BCUT2D eigenvalue weighted by Crippen LogP contribution is 2.33. The maximum atomic E-state index is 11.7. The van der Waals surface area contributed by atoms with Gasteiger partial charge in [0.05, 0.1) is 10.7 Å². The van der Waals surface area contributed by atoms with Gasteiger partial charge in [-0.2, -0.15) is 0 Å². The molecule has 0 bridgehead atoms. The molecule has 0 spiro atoms. The smallest absolute Gasteiger partial charge is 0.248 e. The molecule has 0 aromatic heterocycles. The first kappa shape index (κ1) is 16.4. The number of benzene rings is 1. The van der Waals surface area contributed by atoms with Crippen molar-refractivity contribution in [1.29, 1.82) is 0 Å². The monoisotopic (exact) mass is 337 g/mol. The van der Waals surface area contributed by atoms with Crippen LogP contribution in [0.15, 0.2) is 18.2 Å². The summed E-state index contributed by atoms with van der Waals surface area (Å²) in [4.78, 5) is 15.8. The fourth-order valence-electron chi connectivity index (χ4n) is 3.44. The Kier molecular flexibility index (Phi) is 4.97. The Labute approximate surface area is 142 Å². The quantitative estimate of drug-likeness (QED) is 0.807. The fourth-order valence-corrected chi connectivity index (χ4v) is 3.61. The molecule has 1 aliphatic heterocycles. The van der Waals surface area contributed by atoms with Gasteiger partial charge >= 0.3 is 0 Å². The molecule has 3 N–H and O–H groups in total. The number of hydrogen-bond donors (Lipinski definition) is 2. The van der Waals surface area contributed by atoms with Crippen molar-refractivity contribution < 1.29 is 9.90 Å². The van der Waals surface area contributed by atoms with Crippen LogP contribution in [0.5, 0.6) is 0 Å². The fraction of sp³-hybridized carbons (Fsp3) is 0.588. The number of nitrogens with zero attached hydrogens (tertiary/aromatic N) is 2. The molecule has 2 fully saturated rings. The number of amides is 1. The molecule has 1 saturated heterocycles. The van der Waals surface area contributed by atoms with Gasteiger partial charge in [0.15, 0.2) is 0 Å². The van der Waals surface area contributed by atoms with Crippen LogP contribution in [0, 0.1) is 5.92 Å². The van der Waals surface area contributed by atoms with Crippen molar-refractivity contribution in [2.75, 3.05) is 36.9 Å². The molecule has 2 aliphatic rings. The van der Waals surface area contributed by atoms with E-state index in [1.165, 1.54) is 19.3 Å². The van der Waals surface area contributed by atoms with Gasteiger partial charge in [0.1, 0.15) is 6.61 Å². The van der Waals surface area contributed by atoms with Crippen molar-refractivity contribution in [3.05, 3.63) is 23.2 Å². The number of nitrogens with two attached hydrogens (primary N) is 1. The highest BCUT2D eigenvalue weighted by molar-refractivity contribution is 6.33. The Morgan fingerprint density at radius 1 is 1.39 bits per heavy atom. The van der Waals surface area contributed by atoms with Gasteiger partial charge in [-0.3, -0.25) is 4.79 Å². The van der Waals surface area contributed by atoms with Gasteiger partial charge in [0.2, 0.25) is 5.91 Å². The molecule has 1 aromatic carbocycles. The number of halogens is 1. The number of aliphatic hydroxyl groups is 1. The van der Waals surface area contributed by atoms with Crippen LogP contribution < -0.4 is 10.6 Å². The summed E-state index contributed by atoms with van der Waals surface area (Å²) in [5.74, 6) is 0.528. The lowest BCUT2D eigenvalue weighted by Gasteiger charge is -2.37. The average molecular weight is 338 g/mol. The lowest BCUT2D eigenvalue weighted by Crippen LogP contribution is -2.43. The zero-order valence-corrected chi connectivity index (χ0v) is 14.0. The number of likely N-dealkylation sites (tertiary alicyclic amines) is 1. The Hall–Kier alpha value is -1.46. The first-order chi connectivity index (χ1) is 11.1. The summed E-state index contributed by atoms with van der Waals surface area (Å²) in [7, 11) is 0. The molecule has 6 heteroatoms. The minimum atomic E-state index is -0.414. The topological polar surface area (TPSA) is 69.8 Å². The molecule has 1 amide bonds. The van der Waals surface area contributed by atoms with Crippen molar-refractivity contribution >= 4 is 28.9 Å². The number of rotatable bonds is 5. The van der Waals surface area contributed by atoms with Crippen LogP contribution in [0.1, 0.15) is 25.7 Å². The Bertz CT molecular complexity index is 577. The standard InChI is InChI=1S/C17H24ClN3O2/c18-15-8-13(4-5-16(15)19)21(9-12-2-1-3-12)14-6-7-20(10-14)17(23)11-22/h4-5,8,12,14,22H,1-3,6-7,9-11,19H2. The first-order valence-electron chi connectivity index (χ1n) is 8.28. The summed E-state index contributed by atoms with van der Waals surface area (Å²) in [6.07, 6.45) is 4.76. The first-order valence-corrected chi connectivity index (χ1v) is 8.66. The minimum absolute atomic E-state index is 0.188. The third kappa shape index (κ3) is 3.56. The molecule has 1 atom stereocenters. The normalized spacial score (nSPS) is 21.3. The highest BCUT2D eigenvalue weighted by atomic mass is 35.5. The van der Waals surface area contributed by atoms with E-state index in [4.69, 9.17) is 22.4 Å². The number of carbonyl (C=O) groups excluding carboxylic acids is 1. The number of anilines is 2. The number of aliphatic hydroxyl groups excluding tert-OH is 1. The van der Waals surface area contributed by atoms with Crippen molar-refractivity contribution in [2.24, 2.45) is 5.92 Å². The van der Waals surface area contributed by atoms with Crippen LogP contribution in [0.2, 0.25) is 5.02 Å². The summed E-state index contributed by atoms with van der Waals surface area (Å²) in [5.41, 5.74) is 7.48. The van der Waals surface area contributed by atoms with Crippen LogP contribution >= 0.6 is 11.6 Å². The predicted molar refractivity (Wildman–Crippen MR) is 92.6 cm³/mol. The third-order valence-electron chi connectivity index (χ3n) is 5.09. The molecule has 1 heterocycles. The van der Waals surface area contributed by atoms with Crippen LogP contribution in [0.4, 0.5) is 11.4 Å². The number of carbonyl (C=O) groups is 1. The van der Waals surface area contributed by atoms with E-state index in [1.54, 1.807) is 4.90 Å². The van der Waals surface area contributed by atoms with Crippen LogP contribution in [0.25, 0.3) is 0 Å². The van der Waals surface area contributed by atoms with Gasteiger partial charge in [0.25, 0.3) is 0 Å². The number of nitrogen functional groups attached to an aromatic ring is 1. The molecule has 1 unspecified atom stereocenters. The second-order valence-electron chi connectivity index (χ2n) is 6.60. The summed E-state index contributed by atoms with van der Waals surface area (Å²) >= 11 is 6.20. The molecule has 1 saturated carbocycles. The summed E-state index contributed by atoms with van der Waals surface area (Å²) < 4.78 is 0. The maximum Gasteiger partial charge on any atom is 0.248 e. The highest BCUT2D eigenvalue weighted by Gasteiger charge is 2.32. The van der Waals surface area contributed by atoms with E-state index in [-0.39, 0.29) is 11.9 Å². The van der Waals surface area contributed by atoms with Gasteiger partial charge in [-0.25, -0.2) is 0 Å². The maximum absolute atomic E-state index is 11.7. The van der Waals surface area contributed by atoms with Crippen LogP contribution in [0.3, 0.4) is 0 Å². The summed E-state index contributed by atoms with van der Waals surface area (Å²) in [6.45, 7) is 1.94. The predicted octanol–water partition coefficient (Wildman–Crippen LogP) is 2.12. The van der Waals surface area contributed by atoms with E-state index >= 15 is 0 Å². The molecule has 23 heavy (non-hydrogen) atoms. The molecule has 1 aliphatic carbocycles. The SMILES string of the molecule is Nc1ccc(N(CC2CCC2)C2CCN(C(=O)CO)C2)cc1Cl. The van der Waals surface area contributed by atoms with E-state index in [1.807, 2.05) is 18.2 Å². The Morgan fingerprint density at radius 3 is 2.78 bits per heavy atom. The van der Waals surface area contributed by atoms with Crippen LogP contribution in [-0.4, -0.2) is 48.2 Å². The van der Waals surface area contributed by atoms with E-state index in [0.29, 0.717) is 29.7 Å². The molecule has 126 valence electrons. The molecule has 5 nitrogen and oxygen atoms in total. The summed E-state index contributed by atoms with van der Waals surface area (Å²) in [5, 5.41) is 9.63. The number of hydrogen-bond acceptors (Lipinski definition) is 4. The van der Waals surface area contributed by atoms with E-state index in [2.05, 4.69) is 4.90 Å². The Balaban J connectivity index is 1.78. The molecular formula is C17H24ClN3O2. The van der Waals surface area contributed by atoms with Crippen LogP contribution in [-0.2, 0) is 4.79 Å². The van der Waals surface area contributed by atoms with E-state index in [9.17, 15) is 4.79 Å². The molecule has 0 radical (unpaired) electrons. The van der Waals surface area contributed by atoms with Crippen molar-refractivity contribution in [3.63, 3.8) is 0 Å². The van der Waals surface area contributed by atoms with Gasteiger partial charge in [-0.15, -0.1) is 0 Å². The third-order valence-corrected chi connectivity index (χ3v) is 5.41. The average Bonchev–Trinajstić information content (AvgIpc) is 2.98. The molecule has 3 rings (SSSR count). The van der Waals surface area contributed by atoms with Gasteiger partial charge in [-0.05, 0) is 43.4 Å². The van der Waals surface area contributed by atoms with Gasteiger partial charge in [0, 0.05) is 31.4 Å².